The maximum atomic E-state index is 12.9. The molecule has 2 amide bonds. The van der Waals surface area contributed by atoms with Gasteiger partial charge in [-0.1, -0.05) is 32.9 Å². The van der Waals surface area contributed by atoms with Crippen molar-refractivity contribution in [3.8, 4) is 0 Å². The fourth-order valence-electron chi connectivity index (χ4n) is 4.06. The van der Waals surface area contributed by atoms with Crippen LogP contribution in [-0.2, 0) is 16.8 Å². The van der Waals surface area contributed by atoms with Crippen molar-refractivity contribution < 1.29 is 9.59 Å². The third kappa shape index (κ3) is 5.37. The molecule has 8 nitrogen and oxygen atoms in total. The zero-order chi connectivity index (χ0) is 24.5. The molecule has 0 radical (unpaired) electrons. The van der Waals surface area contributed by atoms with Crippen LogP contribution in [-0.4, -0.2) is 63.2 Å². The second-order valence-electron chi connectivity index (χ2n) is 9.77. The van der Waals surface area contributed by atoms with E-state index in [4.69, 9.17) is 0 Å². The van der Waals surface area contributed by atoms with Gasteiger partial charge in [0.05, 0.1) is 5.69 Å². The molecule has 0 aliphatic carbocycles. The minimum atomic E-state index is -0.607. The normalized spacial score (nSPS) is 15.9. The molecule has 1 aromatic carbocycles. The van der Waals surface area contributed by atoms with Gasteiger partial charge >= 0.3 is 0 Å². The highest BCUT2D eigenvalue weighted by atomic mass is 32.1. The molecule has 2 aromatic heterocycles. The summed E-state index contributed by atoms with van der Waals surface area (Å²) in [5.41, 5.74) is 2.38. The Morgan fingerprint density at radius 2 is 1.79 bits per heavy atom. The van der Waals surface area contributed by atoms with Gasteiger partial charge < -0.3 is 10.2 Å². The van der Waals surface area contributed by atoms with E-state index in [9.17, 15) is 14.4 Å². The number of nitrogens with one attached hydrogen (secondary N) is 1. The lowest BCUT2D eigenvalue weighted by Gasteiger charge is -2.35. The average molecular weight is 482 g/mol. The lowest BCUT2D eigenvalue weighted by molar-refractivity contribution is -0.134. The van der Waals surface area contributed by atoms with E-state index in [1.165, 1.54) is 11.3 Å². The number of thiazole rings is 1. The molecule has 1 N–H and O–H groups in total. The molecule has 1 fully saturated rings. The highest BCUT2D eigenvalue weighted by Crippen LogP contribution is 2.22. The molecule has 180 valence electrons. The molecule has 0 saturated carbocycles. The summed E-state index contributed by atoms with van der Waals surface area (Å²) in [5, 5.41) is 4.68. The summed E-state index contributed by atoms with van der Waals surface area (Å²) in [7, 11) is 0. The molecule has 3 aromatic rings. The number of piperazine rings is 1. The SMILES string of the molecule is C[C@H](NC(=O)c1ccc(C(C)(C)C)cc1)C(=O)N1CCN(Cc2cc(=O)n3ccsc3n2)CC1. The van der Waals surface area contributed by atoms with Crippen molar-refractivity contribution in [2.75, 3.05) is 26.2 Å². The van der Waals surface area contributed by atoms with Gasteiger partial charge in [0.2, 0.25) is 5.91 Å². The van der Waals surface area contributed by atoms with Crippen molar-refractivity contribution in [2.45, 2.75) is 45.7 Å². The number of rotatable bonds is 5. The number of aromatic nitrogens is 2. The van der Waals surface area contributed by atoms with Gasteiger partial charge in [0.1, 0.15) is 6.04 Å². The van der Waals surface area contributed by atoms with Crippen molar-refractivity contribution in [3.63, 3.8) is 0 Å². The van der Waals surface area contributed by atoms with E-state index in [1.54, 1.807) is 40.6 Å². The Balaban J connectivity index is 1.29. The summed E-state index contributed by atoms with van der Waals surface area (Å²) in [5.74, 6) is -0.336. The lowest BCUT2D eigenvalue weighted by atomic mass is 9.86. The number of amides is 2. The Morgan fingerprint density at radius 3 is 2.44 bits per heavy atom. The Hall–Kier alpha value is -3.04. The summed E-state index contributed by atoms with van der Waals surface area (Å²) in [6.07, 6.45) is 1.73. The highest BCUT2D eigenvalue weighted by Gasteiger charge is 2.26. The summed E-state index contributed by atoms with van der Waals surface area (Å²) in [6, 6.07) is 8.49. The fourth-order valence-corrected chi connectivity index (χ4v) is 4.80. The summed E-state index contributed by atoms with van der Waals surface area (Å²) >= 11 is 1.44. The Labute approximate surface area is 203 Å². The lowest BCUT2D eigenvalue weighted by Crippen LogP contribution is -2.54. The second-order valence-corrected chi connectivity index (χ2v) is 10.6. The third-order valence-corrected chi connectivity index (χ3v) is 6.91. The number of benzene rings is 1. The van der Waals surface area contributed by atoms with Crippen LogP contribution in [0, 0.1) is 0 Å². The number of carbonyl (C=O) groups is 2. The monoisotopic (exact) mass is 481 g/mol. The summed E-state index contributed by atoms with van der Waals surface area (Å²) in [6.45, 7) is 11.2. The van der Waals surface area contributed by atoms with Crippen LogP contribution in [0.3, 0.4) is 0 Å². The second kappa shape index (κ2) is 9.68. The van der Waals surface area contributed by atoms with E-state index in [-0.39, 0.29) is 22.8 Å². The molecule has 0 bridgehead atoms. The van der Waals surface area contributed by atoms with E-state index in [0.29, 0.717) is 43.2 Å². The Morgan fingerprint density at radius 1 is 1.12 bits per heavy atom. The number of hydrogen-bond acceptors (Lipinski definition) is 6. The summed E-state index contributed by atoms with van der Waals surface area (Å²) < 4.78 is 1.54. The largest absolute Gasteiger partial charge is 0.341 e. The van der Waals surface area contributed by atoms with Gasteiger partial charge in [-0.2, -0.15) is 0 Å². The van der Waals surface area contributed by atoms with E-state index in [1.807, 2.05) is 17.5 Å². The number of nitrogens with zero attached hydrogens (tertiary/aromatic N) is 4. The molecular weight excluding hydrogens is 450 g/mol. The van der Waals surface area contributed by atoms with Crippen LogP contribution in [0.15, 0.2) is 46.7 Å². The number of carbonyl (C=O) groups excluding carboxylic acids is 2. The average Bonchev–Trinajstić information content (AvgIpc) is 3.28. The van der Waals surface area contributed by atoms with Gasteiger partial charge in [0, 0.05) is 55.9 Å². The predicted octanol–water partition coefficient (Wildman–Crippen LogP) is 2.52. The summed E-state index contributed by atoms with van der Waals surface area (Å²) in [4.78, 5) is 47.0. The molecule has 1 saturated heterocycles. The van der Waals surface area contributed by atoms with Crippen LogP contribution in [0.5, 0.6) is 0 Å². The molecule has 9 heteroatoms. The van der Waals surface area contributed by atoms with Crippen LogP contribution < -0.4 is 10.9 Å². The molecule has 3 heterocycles. The van der Waals surface area contributed by atoms with Crippen LogP contribution >= 0.6 is 11.3 Å². The van der Waals surface area contributed by atoms with Gasteiger partial charge in [0.25, 0.3) is 11.5 Å². The van der Waals surface area contributed by atoms with Crippen molar-refractivity contribution in [1.82, 2.24) is 24.5 Å². The van der Waals surface area contributed by atoms with Gasteiger partial charge in [-0.25, -0.2) is 4.98 Å². The van der Waals surface area contributed by atoms with Gasteiger partial charge in [0.15, 0.2) is 4.96 Å². The maximum Gasteiger partial charge on any atom is 0.258 e. The first-order chi connectivity index (χ1) is 16.1. The third-order valence-electron chi connectivity index (χ3n) is 6.16. The molecular formula is C25H31N5O3S. The first-order valence-corrected chi connectivity index (χ1v) is 12.4. The molecule has 0 spiro atoms. The van der Waals surface area contributed by atoms with Gasteiger partial charge in [-0.3, -0.25) is 23.7 Å². The van der Waals surface area contributed by atoms with Crippen LogP contribution in [0.2, 0.25) is 0 Å². The van der Waals surface area contributed by atoms with Crippen molar-refractivity contribution in [2.24, 2.45) is 0 Å². The topological polar surface area (TPSA) is 87.0 Å². The molecule has 1 aliphatic rings. The van der Waals surface area contributed by atoms with Crippen molar-refractivity contribution in [1.29, 1.82) is 0 Å². The Kier molecular flexibility index (Phi) is 6.86. The predicted molar refractivity (Wildman–Crippen MR) is 133 cm³/mol. The minimum Gasteiger partial charge on any atom is -0.341 e. The minimum absolute atomic E-state index is 0.0173. The fraction of sp³-hybridized carbons (Fsp3) is 0.440. The van der Waals surface area contributed by atoms with E-state index in [0.717, 1.165) is 11.3 Å². The Bertz CT molecular complexity index is 1230. The first kappa shape index (κ1) is 24.1. The van der Waals surface area contributed by atoms with Crippen LogP contribution in [0.4, 0.5) is 0 Å². The quantitative estimate of drug-likeness (QED) is 0.605. The molecule has 1 atom stereocenters. The zero-order valence-electron chi connectivity index (χ0n) is 20.1. The number of hydrogen-bond donors (Lipinski definition) is 1. The van der Waals surface area contributed by atoms with E-state index < -0.39 is 6.04 Å². The van der Waals surface area contributed by atoms with Gasteiger partial charge in [-0.05, 0) is 30.0 Å². The van der Waals surface area contributed by atoms with Crippen LogP contribution in [0.25, 0.3) is 4.96 Å². The smallest absolute Gasteiger partial charge is 0.258 e. The zero-order valence-corrected chi connectivity index (χ0v) is 20.9. The molecule has 4 rings (SSSR count). The number of fused-ring (bicyclic) bond motifs is 1. The van der Waals surface area contributed by atoms with Crippen molar-refractivity contribution in [3.05, 3.63) is 69.1 Å². The molecule has 1 aliphatic heterocycles. The van der Waals surface area contributed by atoms with E-state index in [2.05, 4.69) is 36.0 Å². The van der Waals surface area contributed by atoms with Gasteiger partial charge in [-0.15, -0.1) is 11.3 Å². The maximum absolute atomic E-state index is 12.9. The first-order valence-electron chi connectivity index (χ1n) is 11.5. The van der Waals surface area contributed by atoms with Crippen molar-refractivity contribution >= 4 is 28.1 Å². The molecule has 34 heavy (non-hydrogen) atoms. The highest BCUT2D eigenvalue weighted by molar-refractivity contribution is 7.15. The van der Waals surface area contributed by atoms with E-state index >= 15 is 0 Å². The molecule has 0 unspecified atom stereocenters. The van der Waals surface area contributed by atoms with Crippen LogP contribution in [0.1, 0.15) is 49.3 Å². The standard InChI is InChI=1S/C25H31N5O3S/c1-17(26-22(32)18-5-7-19(8-6-18)25(2,3)4)23(33)29-11-9-28(10-12-29)16-20-15-21(31)30-13-14-34-24(30)27-20/h5-8,13-15,17H,9-12,16H2,1-4H3,(H,26,32)/t17-/m0/s1.